The molecule has 0 spiro atoms. The van der Waals surface area contributed by atoms with Gasteiger partial charge in [0.1, 0.15) is 29.6 Å². The second kappa shape index (κ2) is 8.47. The lowest BCUT2D eigenvalue weighted by atomic mass is 9.73. The number of amides is 2. The molecule has 0 bridgehead atoms. The highest BCUT2D eigenvalue weighted by Crippen LogP contribution is 2.38. The molecular formula is C23H25FN4O3. The summed E-state index contributed by atoms with van der Waals surface area (Å²) in [6.07, 6.45) is 0.987. The number of hydrazone groups is 1. The fraction of sp³-hybridized carbons (Fsp3) is 0.348. The molecule has 0 saturated carbocycles. The second-order valence-electron chi connectivity index (χ2n) is 8.00. The van der Waals surface area contributed by atoms with Crippen molar-refractivity contribution in [1.29, 1.82) is 0 Å². The van der Waals surface area contributed by atoms with Crippen LogP contribution in [0.4, 0.5) is 4.39 Å². The fourth-order valence-electron chi connectivity index (χ4n) is 4.24. The van der Waals surface area contributed by atoms with E-state index in [4.69, 9.17) is 10.5 Å². The summed E-state index contributed by atoms with van der Waals surface area (Å²) in [4.78, 5) is 27.8. The van der Waals surface area contributed by atoms with Crippen LogP contribution in [0.3, 0.4) is 0 Å². The number of rotatable bonds is 6. The first-order valence-electron chi connectivity index (χ1n) is 10.2. The average Bonchev–Trinajstić information content (AvgIpc) is 3.02. The zero-order valence-electron chi connectivity index (χ0n) is 17.3. The summed E-state index contributed by atoms with van der Waals surface area (Å²) in [5.74, 6) is -0.324. The molecule has 1 saturated heterocycles. The third-order valence-corrected chi connectivity index (χ3v) is 5.83. The van der Waals surface area contributed by atoms with Crippen LogP contribution in [0.5, 0.6) is 5.75 Å². The number of ether oxygens (including phenoxy) is 1. The Hall–Kier alpha value is -3.26. The number of piperidine rings is 1. The third-order valence-electron chi connectivity index (χ3n) is 5.83. The number of nitrogens with two attached hydrogens (primary N) is 1. The maximum atomic E-state index is 13.1. The van der Waals surface area contributed by atoms with Gasteiger partial charge >= 0.3 is 0 Å². The highest BCUT2D eigenvalue weighted by molar-refractivity contribution is 6.13. The lowest BCUT2D eigenvalue weighted by molar-refractivity contribution is -0.140. The number of hydrogen-bond donors (Lipinski definition) is 1. The first-order chi connectivity index (χ1) is 14.9. The minimum atomic E-state index is -0.897. The molecule has 2 atom stereocenters. The van der Waals surface area contributed by atoms with Crippen molar-refractivity contribution in [3.63, 3.8) is 0 Å². The van der Waals surface area contributed by atoms with Gasteiger partial charge in [-0.15, -0.1) is 0 Å². The van der Waals surface area contributed by atoms with Crippen LogP contribution in [0.1, 0.15) is 12.0 Å². The van der Waals surface area contributed by atoms with E-state index in [1.807, 2.05) is 30.3 Å². The minimum absolute atomic E-state index is 0.0402. The predicted molar refractivity (Wildman–Crippen MR) is 114 cm³/mol. The van der Waals surface area contributed by atoms with E-state index < -0.39 is 11.5 Å². The summed E-state index contributed by atoms with van der Waals surface area (Å²) in [5, 5.41) is 5.84. The normalized spacial score (nSPS) is 21.5. The number of halogens is 1. The summed E-state index contributed by atoms with van der Waals surface area (Å²) in [6.45, 7) is 0.633. The molecule has 2 aliphatic rings. The van der Waals surface area contributed by atoms with E-state index in [0.717, 1.165) is 11.3 Å². The smallest absolute Gasteiger partial charge is 0.256 e. The average molecular weight is 424 g/mol. The van der Waals surface area contributed by atoms with Crippen LogP contribution >= 0.6 is 0 Å². The largest absolute Gasteiger partial charge is 0.491 e. The van der Waals surface area contributed by atoms with Gasteiger partial charge in [0, 0.05) is 26.6 Å². The van der Waals surface area contributed by atoms with Gasteiger partial charge in [0.15, 0.2) is 0 Å². The predicted octanol–water partition coefficient (Wildman–Crippen LogP) is 1.82. The summed E-state index contributed by atoms with van der Waals surface area (Å²) in [5.41, 5.74) is 7.05. The first kappa shape index (κ1) is 21.0. The second-order valence-corrected chi connectivity index (χ2v) is 8.00. The summed E-state index contributed by atoms with van der Waals surface area (Å²) < 4.78 is 18.6. The number of nitrogens with zero attached hydrogens (tertiary/aromatic N) is 3. The molecule has 8 heteroatoms. The Balaban J connectivity index is 1.48. The van der Waals surface area contributed by atoms with Crippen LogP contribution in [-0.2, 0) is 16.0 Å². The van der Waals surface area contributed by atoms with E-state index >= 15 is 0 Å². The van der Waals surface area contributed by atoms with E-state index in [9.17, 15) is 14.0 Å². The van der Waals surface area contributed by atoms with Crippen molar-refractivity contribution < 1.29 is 18.7 Å². The van der Waals surface area contributed by atoms with Crippen molar-refractivity contribution in [2.24, 2.45) is 16.3 Å². The van der Waals surface area contributed by atoms with E-state index in [2.05, 4.69) is 5.10 Å². The lowest BCUT2D eigenvalue weighted by Gasteiger charge is -2.40. The molecule has 4 rings (SSSR count). The van der Waals surface area contributed by atoms with Gasteiger partial charge in [0.25, 0.3) is 5.91 Å². The molecule has 2 heterocycles. The van der Waals surface area contributed by atoms with Gasteiger partial charge in [-0.25, -0.2) is 9.40 Å². The molecule has 162 valence electrons. The van der Waals surface area contributed by atoms with Crippen molar-refractivity contribution in [3.05, 3.63) is 66.0 Å². The molecule has 2 N–H and O–H groups in total. The lowest BCUT2D eigenvalue weighted by Crippen LogP contribution is -2.58. The van der Waals surface area contributed by atoms with Crippen molar-refractivity contribution in [3.8, 4) is 5.75 Å². The Bertz CT molecular complexity index is 996. The molecule has 1 fully saturated rings. The van der Waals surface area contributed by atoms with Crippen molar-refractivity contribution >= 4 is 17.5 Å². The van der Waals surface area contributed by atoms with Crippen LogP contribution in [0.25, 0.3) is 0 Å². The standard InChI is InChI=1S/C23H25FN4O3/c1-27-22(30)23(13-16-5-3-2-4-6-16)15-28(12-11-20(23)26-27)21(29)19(25)14-31-18-9-7-17(24)8-10-18/h2-10,19H,11-15,25H2,1H3. The van der Waals surface area contributed by atoms with Crippen LogP contribution in [0.15, 0.2) is 59.7 Å². The number of benzene rings is 2. The van der Waals surface area contributed by atoms with Gasteiger partial charge < -0.3 is 15.4 Å². The molecule has 2 unspecified atom stereocenters. The summed E-state index contributed by atoms with van der Waals surface area (Å²) in [6, 6.07) is 14.4. The van der Waals surface area contributed by atoms with Crippen molar-refractivity contribution in [2.45, 2.75) is 18.9 Å². The van der Waals surface area contributed by atoms with Crippen molar-refractivity contribution in [2.75, 3.05) is 26.7 Å². The van der Waals surface area contributed by atoms with Crippen LogP contribution in [0.2, 0.25) is 0 Å². The van der Waals surface area contributed by atoms with E-state index in [0.29, 0.717) is 25.1 Å². The van der Waals surface area contributed by atoms with Gasteiger partial charge in [-0.1, -0.05) is 30.3 Å². The number of likely N-dealkylation sites (tertiary alicyclic amines) is 1. The Labute approximate surface area is 180 Å². The molecule has 2 aromatic carbocycles. The highest BCUT2D eigenvalue weighted by Gasteiger charge is 2.53. The Morgan fingerprint density at radius 3 is 2.65 bits per heavy atom. The summed E-state index contributed by atoms with van der Waals surface area (Å²) >= 11 is 0. The molecule has 2 aliphatic heterocycles. The van der Waals surface area contributed by atoms with E-state index in [1.54, 1.807) is 11.9 Å². The molecule has 2 aromatic rings. The number of hydrogen-bond acceptors (Lipinski definition) is 5. The van der Waals surface area contributed by atoms with Gasteiger partial charge in [-0.2, -0.15) is 5.10 Å². The van der Waals surface area contributed by atoms with Crippen molar-refractivity contribution in [1.82, 2.24) is 9.91 Å². The zero-order valence-corrected chi connectivity index (χ0v) is 17.3. The summed E-state index contributed by atoms with van der Waals surface area (Å²) in [7, 11) is 1.65. The number of fused-ring (bicyclic) bond motifs is 1. The SMILES string of the molecule is CN1N=C2CCN(C(=O)C(N)COc3ccc(F)cc3)CC2(Cc2ccccc2)C1=O. The minimum Gasteiger partial charge on any atom is -0.491 e. The van der Waals surface area contributed by atoms with E-state index in [1.165, 1.54) is 29.3 Å². The molecule has 0 radical (unpaired) electrons. The molecule has 0 aromatic heterocycles. The molecular weight excluding hydrogens is 399 g/mol. The molecule has 7 nitrogen and oxygen atoms in total. The Kier molecular flexibility index (Phi) is 5.73. The Morgan fingerprint density at radius 2 is 1.94 bits per heavy atom. The van der Waals surface area contributed by atoms with Crippen LogP contribution in [0, 0.1) is 11.2 Å². The zero-order chi connectivity index (χ0) is 22.0. The Morgan fingerprint density at radius 1 is 1.23 bits per heavy atom. The van der Waals surface area contributed by atoms with Gasteiger partial charge in [0.05, 0.1) is 5.71 Å². The topological polar surface area (TPSA) is 88.2 Å². The number of carbonyl (C=O) groups excluding carboxylic acids is 2. The third kappa shape index (κ3) is 4.16. The van der Waals surface area contributed by atoms with Gasteiger partial charge in [0.2, 0.25) is 5.91 Å². The van der Waals surface area contributed by atoms with Crippen LogP contribution in [-0.4, -0.2) is 60.2 Å². The first-order valence-corrected chi connectivity index (χ1v) is 10.2. The molecule has 0 aliphatic carbocycles. The fourth-order valence-corrected chi connectivity index (χ4v) is 4.24. The number of carbonyl (C=O) groups is 2. The molecule has 2 amide bonds. The maximum absolute atomic E-state index is 13.1. The molecule has 31 heavy (non-hydrogen) atoms. The van der Waals surface area contributed by atoms with Gasteiger partial charge in [-0.05, 0) is 36.2 Å². The van der Waals surface area contributed by atoms with E-state index in [-0.39, 0.29) is 30.8 Å². The maximum Gasteiger partial charge on any atom is 0.256 e. The highest BCUT2D eigenvalue weighted by atomic mass is 19.1. The van der Waals surface area contributed by atoms with Crippen LogP contribution < -0.4 is 10.5 Å². The monoisotopic (exact) mass is 424 g/mol. The quantitative estimate of drug-likeness (QED) is 0.766. The van der Waals surface area contributed by atoms with Gasteiger partial charge in [-0.3, -0.25) is 9.59 Å².